The predicted octanol–water partition coefficient (Wildman–Crippen LogP) is 3.81. The first kappa shape index (κ1) is 10.1. The Hall–Kier alpha value is 0.00688. The maximum atomic E-state index is 12.0. The Morgan fingerprint density at radius 2 is 1.67 bits per heavy atom. The number of rotatable bonds is 2. The summed E-state index contributed by atoms with van der Waals surface area (Å²) in [5.74, 6) is 0. The topological polar surface area (TPSA) is 0 Å². The van der Waals surface area contributed by atoms with Crippen LogP contribution in [0.3, 0.4) is 0 Å². The normalized spacial score (nSPS) is 33.5. The smallest absolute Gasteiger partial charge is 0.171 e. The van der Waals surface area contributed by atoms with E-state index in [1.165, 1.54) is 0 Å². The lowest BCUT2D eigenvalue weighted by Gasteiger charge is -2.05. The first-order valence-electron chi connectivity index (χ1n) is 4.35. The molecule has 0 saturated carbocycles. The molecule has 1 fully saturated rings. The largest absolute Gasteiger partial charge is 0.389 e. The molecule has 0 nitrogen and oxygen atoms in total. The van der Waals surface area contributed by atoms with E-state index in [2.05, 4.69) is 13.1 Å². The van der Waals surface area contributed by atoms with Crippen molar-refractivity contribution in [2.24, 2.45) is 0 Å². The molecule has 0 aromatic carbocycles. The van der Waals surface area contributed by atoms with Gasteiger partial charge in [0, 0.05) is 6.42 Å². The molecule has 0 bridgehead atoms. The SMILES string of the molecule is CCC1C(CC(F)(F)F)[Si]1(C)C. The van der Waals surface area contributed by atoms with E-state index in [1.54, 1.807) is 0 Å². The average Bonchev–Trinajstić information content (AvgIpc) is 2.30. The van der Waals surface area contributed by atoms with Gasteiger partial charge in [0.2, 0.25) is 0 Å². The van der Waals surface area contributed by atoms with Gasteiger partial charge in [0.15, 0.2) is 0 Å². The lowest BCUT2D eigenvalue weighted by Crippen LogP contribution is -2.11. The van der Waals surface area contributed by atoms with Crippen LogP contribution in [0.1, 0.15) is 19.8 Å². The molecule has 0 aliphatic carbocycles. The Morgan fingerprint density at radius 1 is 1.17 bits per heavy atom. The average molecular weight is 196 g/mol. The van der Waals surface area contributed by atoms with Crippen LogP contribution in [0, 0.1) is 0 Å². The zero-order valence-electron chi connectivity index (χ0n) is 7.70. The minimum atomic E-state index is -3.95. The highest BCUT2D eigenvalue weighted by molar-refractivity contribution is 6.90. The molecule has 0 radical (unpaired) electrons. The van der Waals surface area contributed by atoms with Crippen LogP contribution < -0.4 is 0 Å². The molecule has 1 rings (SSSR count). The summed E-state index contributed by atoms with van der Waals surface area (Å²) in [6.45, 7) is 6.13. The summed E-state index contributed by atoms with van der Waals surface area (Å²) in [5, 5.41) is 0. The molecule has 1 aliphatic heterocycles. The molecule has 2 unspecified atom stereocenters. The molecule has 12 heavy (non-hydrogen) atoms. The summed E-state index contributed by atoms with van der Waals surface area (Å²) in [6.07, 6.45) is -3.55. The van der Waals surface area contributed by atoms with Crippen molar-refractivity contribution < 1.29 is 13.2 Å². The van der Waals surface area contributed by atoms with E-state index < -0.39 is 20.7 Å². The van der Waals surface area contributed by atoms with Crippen LogP contribution in [0.15, 0.2) is 0 Å². The second kappa shape index (κ2) is 2.75. The fourth-order valence-electron chi connectivity index (χ4n) is 2.32. The molecule has 4 heteroatoms. The summed E-state index contributed by atoms with van der Waals surface area (Å²) in [7, 11) is -1.45. The molecule has 72 valence electrons. The van der Waals surface area contributed by atoms with Gasteiger partial charge in [0.05, 0.1) is 8.07 Å². The molecule has 0 aromatic rings. The Labute approximate surface area is 72.2 Å². The van der Waals surface area contributed by atoms with Gasteiger partial charge in [-0.1, -0.05) is 26.4 Å². The van der Waals surface area contributed by atoms with Crippen molar-refractivity contribution in [2.75, 3.05) is 0 Å². The lowest BCUT2D eigenvalue weighted by molar-refractivity contribution is -0.133. The number of hydrogen-bond donors (Lipinski definition) is 0. The standard InChI is InChI=1S/C8H15F3Si/c1-4-6-7(12(6,2)3)5-8(9,10)11/h6-7H,4-5H2,1-3H3. The Bertz CT molecular complexity index is 174. The summed E-state index contributed by atoms with van der Waals surface area (Å²) in [6, 6.07) is 0. The summed E-state index contributed by atoms with van der Waals surface area (Å²) < 4.78 is 36.1. The first-order chi connectivity index (χ1) is 5.29. The summed E-state index contributed by atoms with van der Waals surface area (Å²) in [4.78, 5) is 0. The molecule has 0 aromatic heterocycles. The molecular formula is C8H15F3Si. The molecule has 0 spiro atoms. The number of hydrogen-bond acceptors (Lipinski definition) is 0. The number of alkyl halides is 3. The molecule has 2 atom stereocenters. The zero-order valence-corrected chi connectivity index (χ0v) is 8.70. The zero-order chi connectivity index (χ0) is 9.57. The molecule has 0 N–H and O–H groups in total. The predicted molar refractivity (Wildman–Crippen MR) is 45.9 cm³/mol. The minimum absolute atomic E-state index is 0.00231. The van der Waals surface area contributed by atoms with Crippen molar-refractivity contribution >= 4 is 8.07 Å². The van der Waals surface area contributed by atoms with Crippen molar-refractivity contribution in [1.29, 1.82) is 0 Å². The van der Waals surface area contributed by atoms with Crippen LogP contribution >= 0.6 is 0 Å². The second-order valence-electron chi connectivity index (χ2n) is 4.26. The quantitative estimate of drug-likeness (QED) is 0.589. The Morgan fingerprint density at radius 3 is 1.92 bits per heavy atom. The third-order valence-electron chi connectivity index (χ3n) is 3.18. The highest BCUT2D eigenvalue weighted by Gasteiger charge is 2.60. The van der Waals surface area contributed by atoms with Crippen molar-refractivity contribution in [3.8, 4) is 0 Å². The second-order valence-corrected chi connectivity index (χ2v) is 9.39. The van der Waals surface area contributed by atoms with Gasteiger partial charge in [0.1, 0.15) is 0 Å². The lowest BCUT2D eigenvalue weighted by atomic mass is 10.2. The van der Waals surface area contributed by atoms with Crippen molar-refractivity contribution in [3.63, 3.8) is 0 Å². The minimum Gasteiger partial charge on any atom is -0.171 e. The van der Waals surface area contributed by atoms with Crippen LogP contribution in [0.4, 0.5) is 13.2 Å². The van der Waals surface area contributed by atoms with E-state index in [0.29, 0.717) is 5.54 Å². The maximum Gasteiger partial charge on any atom is 0.389 e. The van der Waals surface area contributed by atoms with Crippen molar-refractivity contribution in [3.05, 3.63) is 0 Å². The fourth-order valence-corrected chi connectivity index (χ4v) is 7.20. The van der Waals surface area contributed by atoms with Crippen LogP contribution in [0.2, 0.25) is 24.2 Å². The highest BCUT2D eigenvalue weighted by Crippen LogP contribution is 2.64. The molecule has 0 amide bonds. The highest BCUT2D eigenvalue weighted by atomic mass is 28.3. The van der Waals surface area contributed by atoms with Gasteiger partial charge >= 0.3 is 6.18 Å². The van der Waals surface area contributed by atoms with Gasteiger partial charge < -0.3 is 0 Å². The van der Waals surface area contributed by atoms with Gasteiger partial charge in [-0.15, -0.1) is 0 Å². The third kappa shape index (κ3) is 1.84. The molecule has 1 saturated heterocycles. The monoisotopic (exact) mass is 196 g/mol. The molecular weight excluding hydrogens is 181 g/mol. The van der Waals surface area contributed by atoms with E-state index >= 15 is 0 Å². The van der Waals surface area contributed by atoms with Gasteiger partial charge in [-0.2, -0.15) is 13.2 Å². The van der Waals surface area contributed by atoms with Gasteiger partial charge in [-0.05, 0) is 11.1 Å². The van der Waals surface area contributed by atoms with Crippen LogP contribution in [0.25, 0.3) is 0 Å². The fraction of sp³-hybridized carbons (Fsp3) is 1.00. The molecule has 1 heterocycles. The van der Waals surface area contributed by atoms with Crippen LogP contribution in [-0.4, -0.2) is 14.3 Å². The van der Waals surface area contributed by atoms with E-state index in [1.807, 2.05) is 6.92 Å². The number of halogens is 3. The van der Waals surface area contributed by atoms with Crippen molar-refractivity contribution in [1.82, 2.24) is 0 Å². The van der Waals surface area contributed by atoms with Gasteiger partial charge in [-0.3, -0.25) is 0 Å². The van der Waals surface area contributed by atoms with Gasteiger partial charge in [0.25, 0.3) is 0 Å². The van der Waals surface area contributed by atoms with Crippen molar-refractivity contribution in [2.45, 2.75) is 50.1 Å². The maximum absolute atomic E-state index is 12.0. The van der Waals surface area contributed by atoms with E-state index in [0.717, 1.165) is 6.42 Å². The van der Waals surface area contributed by atoms with E-state index in [4.69, 9.17) is 0 Å². The summed E-state index contributed by atoms with van der Waals surface area (Å²) >= 11 is 0. The molecule has 1 aliphatic rings. The van der Waals surface area contributed by atoms with E-state index in [9.17, 15) is 13.2 Å². The van der Waals surface area contributed by atoms with E-state index in [-0.39, 0.29) is 5.54 Å². The third-order valence-corrected chi connectivity index (χ3v) is 8.03. The van der Waals surface area contributed by atoms with Crippen LogP contribution in [0.5, 0.6) is 0 Å². The van der Waals surface area contributed by atoms with Crippen LogP contribution in [-0.2, 0) is 0 Å². The Balaban J connectivity index is 2.48. The van der Waals surface area contributed by atoms with Gasteiger partial charge in [-0.25, -0.2) is 0 Å². The summed E-state index contributed by atoms with van der Waals surface area (Å²) in [5.41, 5.74) is 0.418. The first-order valence-corrected chi connectivity index (χ1v) is 7.51. The Kier molecular flexibility index (Phi) is 2.32.